The smallest absolute Gasteiger partial charge is 0.341 e. The Balaban J connectivity index is 2.33. The topological polar surface area (TPSA) is 114 Å². The number of methoxy groups -OCH3 is 1. The van der Waals surface area contributed by atoms with Crippen molar-refractivity contribution in [3.05, 3.63) is 50.4 Å². The fourth-order valence-electron chi connectivity index (χ4n) is 2.77. The number of thiophene rings is 1. The lowest BCUT2D eigenvalue weighted by atomic mass is 10.1. The van der Waals surface area contributed by atoms with E-state index in [1.54, 1.807) is 17.9 Å². The zero-order valence-electron chi connectivity index (χ0n) is 17.0. The molecule has 0 saturated carbocycles. The summed E-state index contributed by atoms with van der Waals surface area (Å²) >= 11 is 6.40. The maximum Gasteiger partial charge on any atom is 0.341 e. The molecule has 0 aliphatic heterocycles. The minimum absolute atomic E-state index is 0.0860. The Morgan fingerprint density at radius 1 is 1.27 bits per heavy atom. The van der Waals surface area contributed by atoms with E-state index in [0.717, 1.165) is 11.3 Å². The van der Waals surface area contributed by atoms with Gasteiger partial charge in [0.15, 0.2) is 5.11 Å². The monoisotopic (exact) mass is 450 g/mol. The second kappa shape index (κ2) is 10.1. The predicted octanol–water partition coefficient (Wildman–Crippen LogP) is 4.04. The Hall–Kier alpha value is -3.05. The predicted molar refractivity (Wildman–Crippen MR) is 121 cm³/mol. The van der Waals surface area contributed by atoms with E-state index in [1.165, 1.54) is 25.3 Å². The molecule has 9 nitrogen and oxygen atoms in total. The number of non-ortho nitro benzene ring substituents is 1. The van der Waals surface area contributed by atoms with E-state index in [9.17, 15) is 19.7 Å². The average Bonchev–Trinajstić information content (AvgIpc) is 3.03. The van der Waals surface area contributed by atoms with Crippen LogP contribution in [0.4, 0.5) is 16.4 Å². The number of ether oxygens (including phenoxy) is 1. The molecule has 2 aromatic rings. The molecule has 1 aromatic carbocycles. The van der Waals surface area contributed by atoms with Gasteiger partial charge in [-0.25, -0.2) is 4.79 Å². The Bertz CT molecular complexity index is 985. The van der Waals surface area contributed by atoms with Crippen LogP contribution in [-0.4, -0.2) is 47.0 Å². The number of nitro groups is 1. The number of nitro benzene ring substituents is 1. The molecule has 1 aromatic heterocycles. The van der Waals surface area contributed by atoms with Crippen LogP contribution in [0.1, 0.15) is 39.4 Å². The van der Waals surface area contributed by atoms with E-state index in [-0.39, 0.29) is 22.3 Å². The Labute approximate surface area is 183 Å². The highest BCUT2D eigenvalue weighted by atomic mass is 32.1. The zero-order chi connectivity index (χ0) is 22.4. The number of nitrogens with zero attached hydrogens (tertiary/aromatic N) is 2. The van der Waals surface area contributed by atoms with Crippen LogP contribution < -0.4 is 10.6 Å². The number of nitrogens with one attached hydrogen (secondary N) is 2. The molecule has 1 heterocycles. The van der Waals surface area contributed by atoms with Gasteiger partial charge in [-0.1, -0.05) is 6.07 Å². The molecule has 0 aliphatic rings. The maximum atomic E-state index is 12.8. The van der Waals surface area contributed by atoms with Gasteiger partial charge in [0.2, 0.25) is 0 Å². The molecular weight excluding hydrogens is 428 g/mol. The molecule has 0 aliphatic carbocycles. The number of esters is 1. The third kappa shape index (κ3) is 5.10. The van der Waals surface area contributed by atoms with Crippen molar-refractivity contribution in [2.24, 2.45) is 0 Å². The van der Waals surface area contributed by atoms with Gasteiger partial charge in [0.1, 0.15) is 5.00 Å². The fourth-order valence-corrected chi connectivity index (χ4v) is 4.22. The first-order valence-corrected chi connectivity index (χ1v) is 10.3. The highest BCUT2D eigenvalue weighted by Crippen LogP contribution is 2.34. The number of hydrogen-bond acceptors (Lipinski definition) is 7. The van der Waals surface area contributed by atoms with Gasteiger partial charge in [-0.15, -0.1) is 11.3 Å². The lowest BCUT2D eigenvalue weighted by Gasteiger charge is -2.17. The number of anilines is 2. The van der Waals surface area contributed by atoms with E-state index < -0.39 is 10.9 Å². The summed E-state index contributed by atoms with van der Waals surface area (Å²) in [4.78, 5) is 37.7. The van der Waals surface area contributed by atoms with Crippen LogP contribution in [0.5, 0.6) is 0 Å². The standard InChI is InChI=1S/C19H22N4O5S2/c1-5-22(6-2)17(24)15-11(3)14(18(25)28-4)16(30-15)21-19(29)20-12-8-7-9-13(10-12)23(26)27/h7-10H,5-6H2,1-4H3,(H2,20,21,29). The summed E-state index contributed by atoms with van der Waals surface area (Å²) in [5.41, 5.74) is 1.05. The van der Waals surface area contributed by atoms with Crippen molar-refractivity contribution in [1.82, 2.24) is 4.90 Å². The summed E-state index contributed by atoms with van der Waals surface area (Å²) < 4.78 is 4.87. The third-order valence-electron chi connectivity index (χ3n) is 4.32. The summed E-state index contributed by atoms with van der Waals surface area (Å²) in [6.45, 7) is 6.51. The number of carbonyl (C=O) groups excluding carboxylic acids is 2. The van der Waals surface area contributed by atoms with Gasteiger partial charge in [-0.2, -0.15) is 0 Å². The first-order chi connectivity index (χ1) is 14.2. The Kier molecular flexibility index (Phi) is 7.84. The van der Waals surface area contributed by atoms with Gasteiger partial charge >= 0.3 is 5.97 Å². The molecule has 2 N–H and O–H groups in total. The van der Waals surface area contributed by atoms with Gasteiger partial charge < -0.3 is 20.3 Å². The van der Waals surface area contributed by atoms with Gasteiger partial charge in [0.25, 0.3) is 11.6 Å². The molecule has 2 rings (SSSR count). The van der Waals surface area contributed by atoms with E-state index in [1.807, 2.05) is 13.8 Å². The van der Waals surface area contributed by atoms with E-state index in [4.69, 9.17) is 17.0 Å². The van der Waals surface area contributed by atoms with Gasteiger partial charge in [0.05, 0.1) is 22.5 Å². The third-order valence-corrected chi connectivity index (χ3v) is 5.72. The van der Waals surface area contributed by atoms with Crippen LogP contribution in [0, 0.1) is 17.0 Å². The number of amides is 1. The van der Waals surface area contributed by atoms with E-state index in [2.05, 4.69) is 10.6 Å². The highest BCUT2D eigenvalue weighted by molar-refractivity contribution is 7.80. The van der Waals surface area contributed by atoms with Crippen molar-refractivity contribution in [2.75, 3.05) is 30.8 Å². The SMILES string of the molecule is CCN(CC)C(=O)c1sc(NC(=S)Nc2cccc([N+](=O)[O-])c2)c(C(=O)OC)c1C. The summed E-state index contributed by atoms with van der Waals surface area (Å²) in [6, 6.07) is 5.85. The van der Waals surface area contributed by atoms with E-state index >= 15 is 0 Å². The van der Waals surface area contributed by atoms with Crippen molar-refractivity contribution >= 4 is 56.9 Å². The molecule has 0 saturated heterocycles. The Morgan fingerprint density at radius 3 is 2.50 bits per heavy atom. The van der Waals surface area contributed by atoms with Crippen LogP contribution in [0.15, 0.2) is 24.3 Å². The molecule has 0 atom stereocenters. The molecule has 0 spiro atoms. The van der Waals surface area contributed by atoms with Crippen molar-refractivity contribution in [1.29, 1.82) is 0 Å². The number of hydrogen-bond donors (Lipinski definition) is 2. The first kappa shape index (κ1) is 23.2. The van der Waals surface area contributed by atoms with Gasteiger partial charge in [-0.05, 0) is 44.6 Å². The lowest BCUT2D eigenvalue weighted by Crippen LogP contribution is -2.30. The molecule has 0 fully saturated rings. The van der Waals surface area contributed by atoms with Gasteiger partial charge in [-0.3, -0.25) is 14.9 Å². The number of rotatable bonds is 7. The van der Waals surface area contributed by atoms with Crippen LogP contribution in [0.2, 0.25) is 0 Å². The molecule has 11 heteroatoms. The number of benzene rings is 1. The largest absolute Gasteiger partial charge is 0.465 e. The lowest BCUT2D eigenvalue weighted by molar-refractivity contribution is -0.384. The zero-order valence-corrected chi connectivity index (χ0v) is 18.6. The average molecular weight is 451 g/mol. The molecule has 0 unspecified atom stereocenters. The van der Waals surface area contributed by atoms with E-state index in [0.29, 0.717) is 34.2 Å². The molecule has 30 heavy (non-hydrogen) atoms. The maximum absolute atomic E-state index is 12.8. The minimum Gasteiger partial charge on any atom is -0.465 e. The first-order valence-electron chi connectivity index (χ1n) is 9.06. The highest BCUT2D eigenvalue weighted by Gasteiger charge is 2.27. The van der Waals surface area contributed by atoms with Crippen molar-refractivity contribution in [3.63, 3.8) is 0 Å². The molecule has 0 bridgehead atoms. The summed E-state index contributed by atoms with van der Waals surface area (Å²) in [6.07, 6.45) is 0. The second-order valence-corrected chi connectivity index (χ2v) is 7.54. The van der Waals surface area contributed by atoms with Crippen molar-refractivity contribution < 1.29 is 19.2 Å². The number of thiocarbonyl (C=S) groups is 1. The Morgan fingerprint density at radius 2 is 1.93 bits per heavy atom. The normalized spacial score (nSPS) is 10.3. The van der Waals surface area contributed by atoms with Crippen LogP contribution in [-0.2, 0) is 4.74 Å². The van der Waals surface area contributed by atoms with Crippen LogP contribution in [0.3, 0.4) is 0 Å². The van der Waals surface area contributed by atoms with Crippen LogP contribution in [0.25, 0.3) is 0 Å². The minimum atomic E-state index is -0.594. The molecular formula is C19H22N4O5S2. The second-order valence-electron chi connectivity index (χ2n) is 6.12. The summed E-state index contributed by atoms with van der Waals surface area (Å²) in [5, 5.41) is 17.2. The summed E-state index contributed by atoms with van der Waals surface area (Å²) in [5.74, 6) is -0.777. The van der Waals surface area contributed by atoms with Crippen molar-refractivity contribution in [3.8, 4) is 0 Å². The van der Waals surface area contributed by atoms with Crippen molar-refractivity contribution in [2.45, 2.75) is 20.8 Å². The molecule has 1 amide bonds. The molecule has 0 radical (unpaired) electrons. The number of carbonyl (C=O) groups is 2. The fraction of sp³-hybridized carbons (Fsp3) is 0.316. The molecule has 160 valence electrons. The van der Waals surface area contributed by atoms with Gasteiger partial charge in [0, 0.05) is 30.9 Å². The summed E-state index contributed by atoms with van der Waals surface area (Å²) in [7, 11) is 1.26. The van der Waals surface area contributed by atoms with Crippen LogP contribution >= 0.6 is 23.6 Å². The quantitative estimate of drug-likeness (QED) is 0.281.